The van der Waals surface area contributed by atoms with Crippen LogP contribution in [0.2, 0.25) is 0 Å². The Kier molecular flexibility index (Phi) is 1.83. The minimum atomic E-state index is -0.391. The second-order valence-electron chi connectivity index (χ2n) is 3.59. The summed E-state index contributed by atoms with van der Waals surface area (Å²) < 4.78 is 0. The minimum Gasteiger partial charge on any atom is -0.311 e. The maximum atomic E-state index is 11.4. The van der Waals surface area contributed by atoms with Crippen molar-refractivity contribution >= 4 is 0 Å². The SMILES string of the molecule is CC1CCCc2c1[nH]c(=O)[nH]c2=O. The van der Waals surface area contributed by atoms with Crippen molar-refractivity contribution in [1.29, 1.82) is 0 Å². The first-order chi connectivity index (χ1) is 6.18. The van der Waals surface area contributed by atoms with Crippen molar-refractivity contribution in [3.63, 3.8) is 0 Å². The zero-order valence-electron chi connectivity index (χ0n) is 7.52. The van der Waals surface area contributed by atoms with Gasteiger partial charge in [0.25, 0.3) is 5.56 Å². The van der Waals surface area contributed by atoms with Crippen LogP contribution in [0.4, 0.5) is 0 Å². The zero-order chi connectivity index (χ0) is 9.42. The van der Waals surface area contributed by atoms with Gasteiger partial charge in [0, 0.05) is 11.3 Å². The Balaban J connectivity index is 2.70. The molecule has 1 atom stereocenters. The van der Waals surface area contributed by atoms with Gasteiger partial charge in [-0.1, -0.05) is 6.92 Å². The second-order valence-corrected chi connectivity index (χ2v) is 3.59. The highest BCUT2D eigenvalue weighted by Crippen LogP contribution is 2.25. The normalized spacial score (nSPS) is 21.2. The van der Waals surface area contributed by atoms with E-state index in [0.29, 0.717) is 5.92 Å². The lowest BCUT2D eigenvalue weighted by Crippen LogP contribution is -2.30. The van der Waals surface area contributed by atoms with Crippen LogP contribution in [0.25, 0.3) is 0 Å². The van der Waals surface area contributed by atoms with Gasteiger partial charge in [0.1, 0.15) is 0 Å². The average Bonchev–Trinajstić information content (AvgIpc) is 2.07. The van der Waals surface area contributed by atoms with Crippen LogP contribution in [-0.2, 0) is 6.42 Å². The van der Waals surface area contributed by atoms with Gasteiger partial charge in [-0.2, -0.15) is 0 Å². The van der Waals surface area contributed by atoms with Gasteiger partial charge in [-0.15, -0.1) is 0 Å². The summed E-state index contributed by atoms with van der Waals surface area (Å²) in [5.41, 5.74) is 0.987. The van der Waals surface area contributed by atoms with Crippen molar-refractivity contribution in [3.05, 3.63) is 32.1 Å². The van der Waals surface area contributed by atoms with E-state index in [4.69, 9.17) is 0 Å². The van der Waals surface area contributed by atoms with Crippen molar-refractivity contribution in [2.24, 2.45) is 0 Å². The van der Waals surface area contributed by atoms with Crippen molar-refractivity contribution in [1.82, 2.24) is 9.97 Å². The Morgan fingerprint density at radius 1 is 1.31 bits per heavy atom. The van der Waals surface area contributed by atoms with Gasteiger partial charge in [0.2, 0.25) is 0 Å². The lowest BCUT2D eigenvalue weighted by Gasteiger charge is -2.19. The summed E-state index contributed by atoms with van der Waals surface area (Å²) >= 11 is 0. The van der Waals surface area contributed by atoms with E-state index in [1.807, 2.05) is 6.92 Å². The van der Waals surface area contributed by atoms with Crippen LogP contribution in [0.5, 0.6) is 0 Å². The van der Waals surface area contributed by atoms with Crippen LogP contribution in [-0.4, -0.2) is 9.97 Å². The third-order valence-corrected chi connectivity index (χ3v) is 2.63. The predicted octanol–water partition coefficient (Wildman–Crippen LogP) is 0.503. The molecule has 1 heterocycles. The molecular weight excluding hydrogens is 168 g/mol. The Labute approximate surface area is 75.0 Å². The number of nitrogens with one attached hydrogen (secondary N) is 2. The van der Waals surface area contributed by atoms with Gasteiger partial charge in [0.05, 0.1) is 0 Å². The van der Waals surface area contributed by atoms with Crippen molar-refractivity contribution < 1.29 is 0 Å². The third-order valence-electron chi connectivity index (χ3n) is 2.63. The Hall–Kier alpha value is -1.32. The van der Waals surface area contributed by atoms with Gasteiger partial charge < -0.3 is 4.98 Å². The largest absolute Gasteiger partial charge is 0.325 e. The van der Waals surface area contributed by atoms with E-state index < -0.39 is 5.69 Å². The number of H-pyrrole nitrogens is 2. The first-order valence-corrected chi connectivity index (χ1v) is 4.54. The Bertz CT molecular complexity index is 430. The number of hydrogen-bond donors (Lipinski definition) is 2. The highest BCUT2D eigenvalue weighted by molar-refractivity contribution is 5.22. The molecule has 0 saturated heterocycles. The average molecular weight is 180 g/mol. The molecule has 2 N–H and O–H groups in total. The number of aromatic amines is 2. The standard InChI is InChI=1S/C9H12N2O2/c1-5-3-2-4-6-7(5)10-9(13)11-8(6)12/h5H,2-4H2,1H3,(H2,10,11,12,13). The molecule has 4 nitrogen and oxygen atoms in total. The van der Waals surface area contributed by atoms with Crippen molar-refractivity contribution in [2.45, 2.75) is 32.1 Å². The number of hydrogen-bond acceptors (Lipinski definition) is 2. The smallest absolute Gasteiger partial charge is 0.311 e. The lowest BCUT2D eigenvalue weighted by atomic mass is 9.89. The molecule has 1 aromatic heterocycles. The zero-order valence-corrected chi connectivity index (χ0v) is 7.52. The van der Waals surface area contributed by atoms with Gasteiger partial charge in [-0.25, -0.2) is 4.79 Å². The summed E-state index contributed by atoms with van der Waals surface area (Å²) in [5, 5.41) is 0. The highest BCUT2D eigenvalue weighted by Gasteiger charge is 2.19. The van der Waals surface area contributed by atoms with E-state index in [-0.39, 0.29) is 5.56 Å². The van der Waals surface area contributed by atoms with Gasteiger partial charge in [-0.3, -0.25) is 9.78 Å². The van der Waals surface area contributed by atoms with E-state index in [1.54, 1.807) is 0 Å². The first-order valence-electron chi connectivity index (χ1n) is 4.54. The number of aromatic nitrogens is 2. The predicted molar refractivity (Wildman–Crippen MR) is 49.0 cm³/mol. The summed E-state index contributed by atoms with van der Waals surface area (Å²) in [6.45, 7) is 2.04. The van der Waals surface area contributed by atoms with Gasteiger partial charge in [-0.05, 0) is 25.2 Å². The quantitative estimate of drug-likeness (QED) is 0.610. The summed E-state index contributed by atoms with van der Waals surface area (Å²) in [6.07, 6.45) is 2.86. The molecule has 1 aliphatic carbocycles. The molecule has 70 valence electrons. The topological polar surface area (TPSA) is 65.7 Å². The third kappa shape index (κ3) is 1.32. The molecule has 1 unspecified atom stereocenters. The maximum absolute atomic E-state index is 11.4. The summed E-state index contributed by atoms with van der Waals surface area (Å²) in [4.78, 5) is 27.3. The molecular formula is C9H12N2O2. The van der Waals surface area contributed by atoms with Crippen LogP contribution < -0.4 is 11.2 Å². The summed E-state index contributed by atoms with van der Waals surface area (Å²) in [6, 6.07) is 0. The molecule has 0 amide bonds. The number of fused-ring (bicyclic) bond motifs is 1. The summed E-state index contributed by atoms with van der Waals surface area (Å²) in [7, 11) is 0. The van der Waals surface area contributed by atoms with Crippen molar-refractivity contribution in [2.75, 3.05) is 0 Å². The minimum absolute atomic E-state index is 0.217. The van der Waals surface area contributed by atoms with E-state index in [1.165, 1.54) is 0 Å². The van der Waals surface area contributed by atoms with E-state index in [2.05, 4.69) is 9.97 Å². The maximum Gasteiger partial charge on any atom is 0.325 e. The molecule has 0 aliphatic heterocycles. The molecule has 0 radical (unpaired) electrons. The lowest BCUT2D eigenvalue weighted by molar-refractivity contribution is 0.562. The second kappa shape index (κ2) is 2.87. The van der Waals surface area contributed by atoms with E-state index >= 15 is 0 Å². The van der Waals surface area contributed by atoms with Crippen LogP contribution in [0.15, 0.2) is 9.59 Å². The molecule has 0 saturated carbocycles. The fourth-order valence-corrected chi connectivity index (χ4v) is 1.93. The van der Waals surface area contributed by atoms with Crippen LogP contribution >= 0.6 is 0 Å². The first kappa shape index (κ1) is 8.29. The van der Waals surface area contributed by atoms with E-state index in [9.17, 15) is 9.59 Å². The molecule has 0 spiro atoms. The molecule has 1 aromatic rings. The molecule has 2 rings (SSSR count). The number of rotatable bonds is 0. The van der Waals surface area contributed by atoms with E-state index in [0.717, 1.165) is 30.5 Å². The fraction of sp³-hybridized carbons (Fsp3) is 0.556. The van der Waals surface area contributed by atoms with Gasteiger partial charge >= 0.3 is 5.69 Å². The van der Waals surface area contributed by atoms with Gasteiger partial charge in [0.15, 0.2) is 0 Å². The molecule has 1 aliphatic rings. The highest BCUT2D eigenvalue weighted by atomic mass is 16.2. The monoisotopic (exact) mass is 180 g/mol. The summed E-state index contributed by atoms with van der Waals surface area (Å²) in [5.74, 6) is 0.304. The van der Waals surface area contributed by atoms with Crippen LogP contribution in [0.1, 0.15) is 36.9 Å². The van der Waals surface area contributed by atoms with Crippen LogP contribution in [0, 0.1) is 0 Å². The Morgan fingerprint density at radius 3 is 2.85 bits per heavy atom. The molecule has 0 fully saturated rings. The molecule has 13 heavy (non-hydrogen) atoms. The van der Waals surface area contributed by atoms with Crippen LogP contribution in [0.3, 0.4) is 0 Å². The Morgan fingerprint density at radius 2 is 2.08 bits per heavy atom. The molecule has 0 bridgehead atoms. The molecule has 0 aromatic carbocycles. The van der Waals surface area contributed by atoms with Crippen molar-refractivity contribution in [3.8, 4) is 0 Å². The fourth-order valence-electron chi connectivity index (χ4n) is 1.93. The molecule has 4 heteroatoms.